The molecule has 4 nitrogen and oxygen atoms in total. The Bertz CT molecular complexity index is 645. The lowest BCUT2D eigenvalue weighted by molar-refractivity contribution is -0.137. The van der Waals surface area contributed by atoms with Crippen molar-refractivity contribution < 1.29 is 9.59 Å². The highest BCUT2D eigenvalue weighted by Gasteiger charge is 2.26. The normalized spacial score (nSPS) is 18.9. The second kappa shape index (κ2) is 8.52. The quantitative estimate of drug-likeness (QED) is 0.770. The molecule has 1 aliphatic heterocycles. The fourth-order valence-electron chi connectivity index (χ4n) is 3.65. The van der Waals surface area contributed by atoms with Gasteiger partial charge >= 0.3 is 0 Å². The molecular weight excluding hydrogens is 336 g/mol. The summed E-state index contributed by atoms with van der Waals surface area (Å²) in [5, 5.41) is 0.656. The molecule has 3 rings (SSSR count). The summed E-state index contributed by atoms with van der Waals surface area (Å²) in [5.74, 6) is 0.823. The maximum Gasteiger partial charge on any atom is 0.246 e. The Morgan fingerprint density at radius 3 is 2.44 bits per heavy atom. The van der Waals surface area contributed by atoms with Gasteiger partial charge in [-0.1, -0.05) is 36.6 Å². The molecule has 0 bridgehead atoms. The summed E-state index contributed by atoms with van der Waals surface area (Å²) in [6.07, 6.45) is 8.96. The number of carbonyl (C=O) groups is 2. The van der Waals surface area contributed by atoms with Crippen molar-refractivity contribution in [3.8, 4) is 0 Å². The number of hydrogen-bond donors (Lipinski definition) is 0. The second-order valence-corrected chi connectivity index (χ2v) is 7.39. The summed E-state index contributed by atoms with van der Waals surface area (Å²) in [4.78, 5) is 28.4. The Morgan fingerprint density at radius 2 is 1.76 bits per heavy atom. The van der Waals surface area contributed by atoms with Crippen LogP contribution in [0.2, 0.25) is 5.02 Å². The molecule has 1 aromatic rings. The van der Waals surface area contributed by atoms with Gasteiger partial charge < -0.3 is 9.80 Å². The Morgan fingerprint density at radius 1 is 1.08 bits per heavy atom. The summed E-state index contributed by atoms with van der Waals surface area (Å²) in [5.41, 5.74) is 0.909. The first-order valence-electron chi connectivity index (χ1n) is 9.12. The first kappa shape index (κ1) is 18.0. The van der Waals surface area contributed by atoms with Crippen LogP contribution in [-0.2, 0) is 9.59 Å². The third kappa shape index (κ3) is 5.08. The van der Waals surface area contributed by atoms with E-state index in [0.717, 1.165) is 5.56 Å². The van der Waals surface area contributed by atoms with Gasteiger partial charge in [0.05, 0.1) is 0 Å². The minimum atomic E-state index is -0.0112. The topological polar surface area (TPSA) is 40.6 Å². The number of rotatable bonds is 4. The first-order chi connectivity index (χ1) is 12.1. The van der Waals surface area contributed by atoms with E-state index in [1.807, 2.05) is 29.2 Å². The molecule has 0 radical (unpaired) electrons. The minimum Gasteiger partial charge on any atom is -0.339 e. The van der Waals surface area contributed by atoms with E-state index in [1.165, 1.54) is 25.7 Å². The van der Waals surface area contributed by atoms with Crippen LogP contribution < -0.4 is 0 Å². The third-order valence-corrected chi connectivity index (χ3v) is 5.38. The lowest BCUT2D eigenvalue weighted by Gasteiger charge is -2.34. The van der Waals surface area contributed by atoms with Gasteiger partial charge in [-0.25, -0.2) is 0 Å². The van der Waals surface area contributed by atoms with Crippen molar-refractivity contribution in [2.45, 2.75) is 32.1 Å². The molecule has 0 atom stereocenters. The zero-order chi connectivity index (χ0) is 17.6. The van der Waals surface area contributed by atoms with Crippen molar-refractivity contribution in [3.63, 3.8) is 0 Å². The molecule has 1 aliphatic carbocycles. The molecular formula is C20H25ClN2O2. The van der Waals surface area contributed by atoms with E-state index >= 15 is 0 Å². The van der Waals surface area contributed by atoms with Crippen LogP contribution in [0, 0.1) is 5.92 Å². The number of halogens is 1. The van der Waals surface area contributed by atoms with Crippen LogP contribution in [0.4, 0.5) is 0 Å². The summed E-state index contributed by atoms with van der Waals surface area (Å²) in [6, 6.07) is 7.41. The molecule has 1 saturated carbocycles. The van der Waals surface area contributed by atoms with Crippen LogP contribution in [0.5, 0.6) is 0 Å². The lowest BCUT2D eigenvalue weighted by Crippen LogP contribution is -2.50. The van der Waals surface area contributed by atoms with Crippen LogP contribution in [0.25, 0.3) is 6.08 Å². The van der Waals surface area contributed by atoms with Gasteiger partial charge in [0.1, 0.15) is 0 Å². The Balaban J connectivity index is 1.46. The Kier molecular flexibility index (Phi) is 6.14. The third-order valence-electron chi connectivity index (χ3n) is 5.15. The van der Waals surface area contributed by atoms with Gasteiger partial charge in [-0.05, 0) is 42.5 Å². The van der Waals surface area contributed by atoms with Crippen LogP contribution in [0.1, 0.15) is 37.7 Å². The van der Waals surface area contributed by atoms with E-state index in [-0.39, 0.29) is 11.8 Å². The Hall–Kier alpha value is -1.81. The molecule has 0 spiro atoms. The number of amides is 2. The van der Waals surface area contributed by atoms with Gasteiger partial charge in [0.15, 0.2) is 0 Å². The van der Waals surface area contributed by atoms with Gasteiger partial charge in [-0.2, -0.15) is 0 Å². The van der Waals surface area contributed by atoms with E-state index in [4.69, 9.17) is 11.6 Å². The van der Waals surface area contributed by atoms with Crippen molar-refractivity contribution >= 4 is 29.5 Å². The molecule has 2 fully saturated rings. The predicted molar refractivity (Wildman–Crippen MR) is 100 cm³/mol. The standard InChI is InChI=1S/C20H25ClN2O2/c21-18-7-3-6-17(14-18)8-9-19(24)22-10-12-23(13-11-22)20(25)15-16-4-1-2-5-16/h3,6-9,14,16H,1-2,4-5,10-13,15H2/b9-8+. The highest BCUT2D eigenvalue weighted by molar-refractivity contribution is 6.30. The summed E-state index contributed by atoms with van der Waals surface area (Å²) >= 11 is 5.95. The highest BCUT2D eigenvalue weighted by atomic mass is 35.5. The molecule has 0 aromatic heterocycles. The molecule has 0 N–H and O–H groups in total. The SMILES string of the molecule is O=C(/C=C/c1cccc(Cl)c1)N1CCN(C(=O)CC2CCCC2)CC1. The van der Waals surface area contributed by atoms with E-state index in [0.29, 0.717) is 43.5 Å². The van der Waals surface area contributed by atoms with Crippen molar-refractivity contribution in [3.05, 3.63) is 40.9 Å². The van der Waals surface area contributed by atoms with Gasteiger partial charge in [-0.15, -0.1) is 0 Å². The fourth-order valence-corrected chi connectivity index (χ4v) is 3.85. The minimum absolute atomic E-state index is 0.0112. The van der Waals surface area contributed by atoms with Gasteiger partial charge in [0.2, 0.25) is 11.8 Å². The van der Waals surface area contributed by atoms with Gasteiger partial charge in [0, 0.05) is 43.7 Å². The summed E-state index contributed by atoms with van der Waals surface area (Å²) in [6.45, 7) is 2.49. The van der Waals surface area contributed by atoms with Crippen molar-refractivity contribution in [2.24, 2.45) is 5.92 Å². The average molecular weight is 361 g/mol. The van der Waals surface area contributed by atoms with E-state index in [9.17, 15) is 9.59 Å². The van der Waals surface area contributed by atoms with Crippen molar-refractivity contribution in [1.82, 2.24) is 9.80 Å². The van der Waals surface area contributed by atoms with Gasteiger partial charge in [0.25, 0.3) is 0 Å². The molecule has 2 aliphatic rings. The van der Waals surface area contributed by atoms with Crippen LogP contribution >= 0.6 is 11.6 Å². The summed E-state index contributed by atoms with van der Waals surface area (Å²) < 4.78 is 0. The molecule has 5 heteroatoms. The zero-order valence-electron chi connectivity index (χ0n) is 14.5. The molecule has 1 saturated heterocycles. The predicted octanol–water partition coefficient (Wildman–Crippen LogP) is 3.60. The van der Waals surface area contributed by atoms with E-state index in [2.05, 4.69) is 0 Å². The Labute approximate surface area is 154 Å². The number of benzene rings is 1. The largest absolute Gasteiger partial charge is 0.339 e. The van der Waals surface area contributed by atoms with E-state index < -0.39 is 0 Å². The van der Waals surface area contributed by atoms with Crippen LogP contribution in [-0.4, -0.2) is 47.8 Å². The van der Waals surface area contributed by atoms with Crippen LogP contribution in [0.15, 0.2) is 30.3 Å². The van der Waals surface area contributed by atoms with Crippen molar-refractivity contribution in [2.75, 3.05) is 26.2 Å². The number of nitrogens with zero attached hydrogens (tertiary/aromatic N) is 2. The smallest absolute Gasteiger partial charge is 0.246 e. The molecule has 2 amide bonds. The number of carbonyl (C=O) groups excluding carboxylic acids is 2. The maximum absolute atomic E-state index is 12.4. The summed E-state index contributed by atoms with van der Waals surface area (Å²) in [7, 11) is 0. The monoisotopic (exact) mass is 360 g/mol. The van der Waals surface area contributed by atoms with Gasteiger partial charge in [-0.3, -0.25) is 9.59 Å². The second-order valence-electron chi connectivity index (χ2n) is 6.95. The van der Waals surface area contributed by atoms with E-state index in [1.54, 1.807) is 17.1 Å². The number of piperazine rings is 1. The number of hydrogen-bond acceptors (Lipinski definition) is 2. The van der Waals surface area contributed by atoms with Crippen molar-refractivity contribution in [1.29, 1.82) is 0 Å². The molecule has 134 valence electrons. The lowest BCUT2D eigenvalue weighted by atomic mass is 10.0. The zero-order valence-corrected chi connectivity index (χ0v) is 15.3. The molecule has 0 unspecified atom stereocenters. The maximum atomic E-state index is 12.4. The highest BCUT2D eigenvalue weighted by Crippen LogP contribution is 2.28. The first-order valence-corrected chi connectivity index (χ1v) is 9.50. The fraction of sp³-hybridized carbons (Fsp3) is 0.500. The molecule has 1 heterocycles. The van der Waals surface area contributed by atoms with Crippen LogP contribution in [0.3, 0.4) is 0 Å². The molecule has 25 heavy (non-hydrogen) atoms. The average Bonchev–Trinajstić information content (AvgIpc) is 3.13. The molecule has 1 aromatic carbocycles.